The number of aryl methyl sites for hydroxylation is 2. The quantitative estimate of drug-likeness (QED) is 0.886. The summed E-state index contributed by atoms with van der Waals surface area (Å²) >= 11 is 1.81. The molecule has 0 saturated carbocycles. The van der Waals surface area contributed by atoms with E-state index in [1.54, 1.807) is 14.2 Å². The molecule has 0 atom stereocenters. The Bertz CT molecular complexity index is 542. The van der Waals surface area contributed by atoms with Gasteiger partial charge in [-0.3, -0.25) is 0 Å². The average molecular weight is 293 g/mol. The van der Waals surface area contributed by atoms with Crippen LogP contribution in [0, 0.1) is 13.8 Å². The van der Waals surface area contributed by atoms with E-state index >= 15 is 0 Å². The second-order valence-corrected chi connectivity index (χ2v) is 5.77. The normalized spacial score (nSPS) is 10.6. The maximum atomic E-state index is 5.25. The van der Waals surface area contributed by atoms with Gasteiger partial charge in [0.05, 0.1) is 19.8 Å². The van der Waals surface area contributed by atoms with Crippen molar-refractivity contribution in [3.05, 3.63) is 33.3 Å². The van der Waals surface area contributed by atoms with Gasteiger partial charge in [0.1, 0.15) is 6.33 Å². The first-order valence-electron chi connectivity index (χ1n) is 6.34. The van der Waals surface area contributed by atoms with Crippen molar-refractivity contribution >= 4 is 11.3 Å². The van der Waals surface area contributed by atoms with E-state index in [2.05, 4.69) is 35.2 Å². The second-order valence-electron chi connectivity index (χ2n) is 4.43. The fraction of sp³-hybridized carbons (Fsp3) is 0.429. The molecular weight excluding hydrogens is 274 g/mol. The molecule has 0 saturated heterocycles. The van der Waals surface area contributed by atoms with Crippen molar-refractivity contribution in [3.8, 4) is 11.8 Å². The molecular formula is C14H19N3O2S. The van der Waals surface area contributed by atoms with Gasteiger partial charge in [-0.05, 0) is 25.5 Å². The van der Waals surface area contributed by atoms with Crippen LogP contribution in [0.4, 0.5) is 0 Å². The zero-order valence-corrected chi connectivity index (χ0v) is 13.0. The molecule has 6 heteroatoms. The molecule has 5 nitrogen and oxygen atoms in total. The van der Waals surface area contributed by atoms with Gasteiger partial charge in [0, 0.05) is 22.8 Å². The Labute approximate surface area is 123 Å². The minimum absolute atomic E-state index is 0.544. The molecule has 2 heterocycles. The Hall–Kier alpha value is -1.66. The van der Waals surface area contributed by atoms with Crippen molar-refractivity contribution in [1.82, 2.24) is 15.3 Å². The van der Waals surface area contributed by atoms with Gasteiger partial charge in [-0.15, -0.1) is 11.3 Å². The van der Waals surface area contributed by atoms with Crippen molar-refractivity contribution in [2.24, 2.45) is 0 Å². The molecule has 0 radical (unpaired) electrons. The van der Waals surface area contributed by atoms with Crippen LogP contribution in [-0.4, -0.2) is 24.2 Å². The highest BCUT2D eigenvalue weighted by atomic mass is 32.1. The molecule has 2 aromatic rings. The summed E-state index contributed by atoms with van der Waals surface area (Å²) in [5, 5.41) is 3.38. The molecule has 20 heavy (non-hydrogen) atoms. The van der Waals surface area contributed by atoms with Crippen LogP contribution >= 0.6 is 11.3 Å². The molecule has 2 aromatic heterocycles. The Morgan fingerprint density at radius 1 is 1.10 bits per heavy atom. The fourth-order valence-corrected chi connectivity index (χ4v) is 2.95. The van der Waals surface area contributed by atoms with Crippen LogP contribution in [0.15, 0.2) is 12.4 Å². The van der Waals surface area contributed by atoms with Gasteiger partial charge < -0.3 is 14.8 Å². The Morgan fingerprint density at radius 2 is 1.75 bits per heavy atom. The number of hydrogen-bond donors (Lipinski definition) is 1. The SMILES string of the molecule is COc1ncnc(OC)c1CNCc1cc(C)c(C)s1. The molecule has 0 unspecified atom stereocenters. The molecule has 0 fully saturated rings. The third-order valence-corrected chi connectivity index (χ3v) is 4.22. The molecule has 0 aliphatic heterocycles. The number of rotatable bonds is 6. The maximum absolute atomic E-state index is 5.25. The summed E-state index contributed by atoms with van der Waals surface area (Å²) in [5.41, 5.74) is 2.17. The number of nitrogens with one attached hydrogen (secondary N) is 1. The number of thiophene rings is 1. The second kappa shape index (κ2) is 6.67. The Morgan fingerprint density at radius 3 is 2.25 bits per heavy atom. The van der Waals surface area contributed by atoms with E-state index in [-0.39, 0.29) is 0 Å². The summed E-state index contributed by atoms with van der Waals surface area (Å²) in [6.07, 6.45) is 1.44. The van der Waals surface area contributed by atoms with Crippen molar-refractivity contribution in [2.45, 2.75) is 26.9 Å². The molecule has 1 N–H and O–H groups in total. The fourth-order valence-electron chi connectivity index (χ4n) is 1.93. The summed E-state index contributed by atoms with van der Waals surface area (Å²) < 4.78 is 10.5. The lowest BCUT2D eigenvalue weighted by atomic mass is 10.2. The Balaban J connectivity index is 2.03. The highest BCUT2D eigenvalue weighted by Gasteiger charge is 2.12. The van der Waals surface area contributed by atoms with Crippen LogP contribution in [-0.2, 0) is 13.1 Å². The number of hydrogen-bond acceptors (Lipinski definition) is 6. The monoisotopic (exact) mass is 293 g/mol. The number of aromatic nitrogens is 2. The lowest BCUT2D eigenvalue weighted by Gasteiger charge is -2.11. The maximum Gasteiger partial charge on any atom is 0.224 e. The van der Waals surface area contributed by atoms with Crippen LogP contribution in [0.5, 0.6) is 11.8 Å². The van der Waals surface area contributed by atoms with E-state index < -0.39 is 0 Å². The smallest absolute Gasteiger partial charge is 0.224 e. The van der Waals surface area contributed by atoms with Crippen LogP contribution in [0.1, 0.15) is 20.9 Å². The van der Waals surface area contributed by atoms with Crippen LogP contribution in [0.3, 0.4) is 0 Å². The highest BCUT2D eigenvalue weighted by molar-refractivity contribution is 7.12. The zero-order valence-electron chi connectivity index (χ0n) is 12.2. The Kier molecular flexibility index (Phi) is 4.92. The molecule has 0 aromatic carbocycles. The summed E-state index contributed by atoms with van der Waals surface area (Å²) in [4.78, 5) is 10.9. The minimum Gasteiger partial charge on any atom is -0.481 e. The van der Waals surface area contributed by atoms with Crippen LogP contribution < -0.4 is 14.8 Å². The molecule has 108 valence electrons. The molecule has 2 rings (SSSR count). The van der Waals surface area contributed by atoms with Gasteiger partial charge in [0.15, 0.2) is 0 Å². The summed E-state index contributed by atoms with van der Waals surface area (Å²) in [6, 6.07) is 2.21. The summed E-state index contributed by atoms with van der Waals surface area (Å²) in [5.74, 6) is 1.09. The van der Waals surface area contributed by atoms with Crippen molar-refractivity contribution in [2.75, 3.05) is 14.2 Å². The van der Waals surface area contributed by atoms with Gasteiger partial charge in [-0.25, -0.2) is 9.97 Å². The predicted molar refractivity (Wildman–Crippen MR) is 79.5 cm³/mol. The third-order valence-electron chi connectivity index (χ3n) is 3.07. The van der Waals surface area contributed by atoms with Crippen molar-refractivity contribution in [1.29, 1.82) is 0 Å². The van der Waals surface area contributed by atoms with E-state index in [0.29, 0.717) is 18.3 Å². The highest BCUT2D eigenvalue weighted by Crippen LogP contribution is 2.24. The molecule has 0 aliphatic rings. The van der Waals surface area contributed by atoms with E-state index in [4.69, 9.17) is 9.47 Å². The number of ether oxygens (including phenoxy) is 2. The zero-order chi connectivity index (χ0) is 14.5. The van der Waals surface area contributed by atoms with E-state index in [1.165, 1.54) is 21.6 Å². The van der Waals surface area contributed by atoms with Gasteiger partial charge in [-0.2, -0.15) is 0 Å². The molecule has 0 amide bonds. The first-order valence-corrected chi connectivity index (χ1v) is 7.15. The topological polar surface area (TPSA) is 56.3 Å². The van der Waals surface area contributed by atoms with Gasteiger partial charge in [0.25, 0.3) is 0 Å². The van der Waals surface area contributed by atoms with E-state index in [1.807, 2.05) is 11.3 Å². The van der Waals surface area contributed by atoms with E-state index in [0.717, 1.165) is 12.1 Å². The summed E-state index contributed by atoms with van der Waals surface area (Å²) in [7, 11) is 3.19. The van der Waals surface area contributed by atoms with Crippen molar-refractivity contribution < 1.29 is 9.47 Å². The standard InChI is InChI=1S/C14H19N3O2S/c1-9-5-11(20-10(9)2)6-15-7-12-13(18-3)16-8-17-14(12)19-4/h5,8,15H,6-7H2,1-4H3. The number of methoxy groups -OCH3 is 2. The molecule has 0 aliphatic carbocycles. The third kappa shape index (κ3) is 3.26. The van der Waals surface area contributed by atoms with Gasteiger partial charge in [-0.1, -0.05) is 0 Å². The largest absolute Gasteiger partial charge is 0.481 e. The van der Waals surface area contributed by atoms with Gasteiger partial charge >= 0.3 is 0 Å². The molecule has 0 bridgehead atoms. The molecule has 0 spiro atoms. The van der Waals surface area contributed by atoms with Gasteiger partial charge in [0.2, 0.25) is 11.8 Å². The predicted octanol–water partition coefficient (Wildman–Crippen LogP) is 2.46. The average Bonchev–Trinajstić information content (AvgIpc) is 2.77. The van der Waals surface area contributed by atoms with E-state index in [9.17, 15) is 0 Å². The lowest BCUT2D eigenvalue weighted by molar-refractivity contribution is 0.359. The first kappa shape index (κ1) is 14.7. The summed E-state index contributed by atoms with van der Waals surface area (Å²) in [6.45, 7) is 5.68. The number of nitrogens with zero attached hydrogens (tertiary/aromatic N) is 2. The first-order chi connectivity index (χ1) is 9.65. The lowest BCUT2D eigenvalue weighted by Crippen LogP contribution is -2.14. The van der Waals surface area contributed by atoms with Crippen LogP contribution in [0.25, 0.3) is 0 Å². The van der Waals surface area contributed by atoms with Crippen LogP contribution in [0.2, 0.25) is 0 Å². The van der Waals surface area contributed by atoms with Crippen molar-refractivity contribution in [3.63, 3.8) is 0 Å². The minimum atomic E-state index is 0.544.